The second-order valence-electron chi connectivity index (χ2n) is 3.38. The van der Waals surface area contributed by atoms with Crippen LogP contribution in [0, 0.1) is 11.6 Å². The molecule has 0 spiro atoms. The molecule has 2 rings (SSSR count). The van der Waals surface area contributed by atoms with Gasteiger partial charge in [-0.15, -0.1) is 11.3 Å². The van der Waals surface area contributed by atoms with Crippen LogP contribution in [0.15, 0.2) is 22.0 Å². The Kier molecular flexibility index (Phi) is 4.10. The second kappa shape index (κ2) is 5.59. The number of hydrogen-bond acceptors (Lipinski definition) is 5. The fourth-order valence-electron chi connectivity index (χ4n) is 1.31. The molecule has 2 aromatic rings. The molecule has 0 saturated carbocycles. The van der Waals surface area contributed by atoms with Crippen molar-refractivity contribution in [2.45, 2.75) is 6.54 Å². The van der Waals surface area contributed by atoms with Crippen molar-refractivity contribution in [3.8, 4) is 0 Å². The van der Waals surface area contributed by atoms with Crippen LogP contribution in [0.2, 0.25) is 0 Å². The molecule has 2 heterocycles. The summed E-state index contributed by atoms with van der Waals surface area (Å²) in [6, 6.07) is 2.63. The van der Waals surface area contributed by atoms with Gasteiger partial charge in [-0.2, -0.15) is 0 Å². The molecule has 0 aliphatic carbocycles. The van der Waals surface area contributed by atoms with Gasteiger partial charge in [0.1, 0.15) is 0 Å². The number of rotatable bonds is 4. The highest BCUT2D eigenvalue weighted by atomic mass is 79.9. The van der Waals surface area contributed by atoms with Crippen LogP contribution in [-0.4, -0.2) is 4.98 Å². The maximum absolute atomic E-state index is 13.4. The minimum atomic E-state index is -0.834. The van der Waals surface area contributed by atoms with Gasteiger partial charge in [0.15, 0.2) is 23.3 Å². The third-order valence-corrected chi connectivity index (χ3v) is 3.82. The Morgan fingerprint density at radius 1 is 1.28 bits per heavy atom. The third kappa shape index (κ3) is 2.95. The lowest BCUT2D eigenvalue weighted by molar-refractivity contribution is 0.578. The van der Waals surface area contributed by atoms with Crippen LogP contribution >= 0.6 is 27.3 Å². The number of aromatic nitrogens is 1. The number of pyridine rings is 1. The summed E-state index contributed by atoms with van der Waals surface area (Å²) in [5.41, 5.74) is 2.07. The Morgan fingerprint density at radius 3 is 2.61 bits per heavy atom. The maximum Gasteiger partial charge on any atom is 0.178 e. The summed E-state index contributed by atoms with van der Waals surface area (Å²) in [6.45, 7) is 0.399. The lowest BCUT2D eigenvalue weighted by atomic mass is 10.4. The first kappa shape index (κ1) is 13.2. The quantitative estimate of drug-likeness (QED) is 0.594. The molecule has 0 aliphatic rings. The van der Waals surface area contributed by atoms with Crippen molar-refractivity contribution >= 4 is 38.9 Å². The smallest absolute Gasteiger partial charge is 0.178 e. The summed E-state index contributed by atoms with van der Waals surface area (Å²) in [5.74, 6) is 3.23. The van der Waals surface area contributed by atoms with E-state index >= 15 is 0 Å². The Morgan fingerprint density at radius 2 is 2.00 bits per heavy atom. The summed E-state index contributed by atoms with van der Waals surface area (Å²) >= 11 is 4.84. The topological polar surface area (TPSA) is 63.0 Å². The number of thiophene rings is 1. The van der Waals surface area contributed by atoms with E-state index in [0.717, 1.165) is 15.4 Å². The van der Waals surface area contributed by atoms with E-state index in [1.807, 2.05) is 11.4 Å². The van der Waals surface area contributed by atoms with E-state index in [9.17, 15) is 8.78 Å². The van der Waals surface area contributed by atoms with Crippen LogP contribution in [0.3, 0.4) is 0 Å². The molecule has 18 heavy (non-hydrogen) atoms. The van der Waals surface area contributed by atoms with Gasteiger partial charge in [-0.05, 0) is 22.0 Å². The summed E-state index contributed by atoms with van der Waals surface area (Å²) in [4.78, 5) is 4.70. The zero-order valence-electron chi connectivity index (χ0n) is 9.01. The lowest BCUT2D eigenvalue weighted by Gasteiger charge is -2.08. The molecular weight excluding hydrogens is 326 g/mol. The van der Waals surface area contributed by atoms with Crippen LogP contribution in [0.5, 0.6) is 0 Å². The molecule has 0 saturated heterocycles. The van der Waals surface area contributed by atoms with Gasteiger partial charge < -0.3 is 10.7 Å². The normalized spacial score (nSPS) is 10.4. The van der Waals surface area contributed by atoms with Crippen LogP contribution in [0.1, 0.15) is 4.88 Å². The first-order valence-corrected chi connectivity index (χ1v) is 6.57. The predicted octanol–water partition coefficient (Wildman–Crippen LogP) is 3.08. The van der Waals surface area contributed by atoms with Crippen molar-refractivity contribution in [1.29, 1.82) is 0 Å². The highest BCUT2D eigenvalue weighted by molar-refractivity contribution is 9.10. The molecule has 0 unspecified atom stereocenters. The Bertz CT molecular complexity index is 561. The van der Waals surface area contributed by atoms with E-state index in [0.29, 0.717) is 6.54 Å². The number of nitrogen functional groups attached to an aromatic ring is 1. The Balaban J connectivity index is 2.13. The average molecular weight is 335 g/mol. The van der Waals surface area contributed by atoms with E-state index in [2.05, 4.69) is 31.7 Å². The van der Waals surface area contributed by atoms with Crippen LogP contribution < -0.4 is 16.6 Å². The number of hydrazine groups is 1. The van der Waals surface area contributed by atoms with E-state index < -0.39 is 11.6 Å². The molecular formula is C10H9BrF2N4S. The van der Waals surface area contributed by atoms with Crippen molar-refractivity contribution in [2.75, 3.05) is 10.7 Å². The van der Waals surface area contributed by atoms with E-state index in [1.54, 1.807) is 0 Å². The summed E-state index contributed by atoms with van der Waals surface area (Å²) in [6.07, 6.45) is 0. The third-order valence-electron chi connectivity index (χ3n) is 2.12. The molecule has 2 aromatic heterocycles. The van der Waals surface area contributed by atoms with E-state index in [1.165, 1.54) is 11.3 Å². The zero-order chi connectivity index (χ0) is 13.1. The predicted molar refractivity (Wildman–Crippen MR) is 71.3 cm³/mol. The molecule has 4 nitrogen and oxygen atoms in total. The van der Waals surface area contributed by atoms with Crippen molar-refractivity contribution in [1.82, 2.24) is 4.98 Å². The monoisotopic (exact) mass is 334 g/mol. The molecule has 8 heteroatoms. The van der Waals surface area contributed by atoms with Crippen molar-refractivity contribution in [2.24, 2.45) is 5.84 Å². The van der Waals surface area contributed by atoms with Gasteiger partial charge in [-0.25, -0.2) is 19.6 Å². The van der Waals surface area contributed by atoms with Crippen LogP contribution in [-0.2, 0) is 6.54 Å². The highest BCUT2D eigenvalue weighted by Crippen LogP contribution is 2.22. The number of nitrogens with two attached hydrogens (primary N) is 1. The van der Waals surface area contributed by atoms with Gasteiger partial charge in [0, 0.05) is 20.8 Å². The second-order valence-corrected chi connectivity index (χ2v) is 5.29. The van der Waals surface area contributed by atoms with Gasteiger partial charge in [0.05, 0.1) is 6.54 Å². The first-order chi connectivity index (χ1) is 8.60. The van der Waals surface area contributed by atoms with Gasteiger partial charge in [-0.3, -0.25) is 0 Å². The van der Waals surface area contributed by atoms with Gasteiger partial charge in [-0.1, -0.05) is 0 Å². The molecule has 0 amide bonds. The fraction of sp³-hybridized carbons (Fsp3) is 0.100. The van der Waals surface area contributed by atoms with E-state index in [4.69, 9.17) is 5.84 Å². The lowest BCUT2D eigenvalue weighted by Crippen LogP contribution is -2.13. The number of halogens is 3. The minimum Gasteiger partial charge on any atom is -0.363 e. The number of hydrogen-bond donors (Lipinski definition) is 3. The SMILES string of the molecule is NNc1nc(NCc2cc(Br)cs2)c(F)cc1F. The first-order valence-electron chi connectivity index (χ1n) is 4.89. The molecule has 0 radical (unpaired) electrons. The molecule has 0 bridgehead atoms. The average Bonchev–Trinajstić information content (AvgIpc) is 2.74. The Labute approximate surface area is 114 Å². The van der Waals surface area contributed by atoms with Crippen molar-refractivity contribution < 1.29 is 8.78 Å². The number of anilines is 2. The highest BCUT2D eigenvalue weighted by Gasteiger charge is 2.11. The molecule has 96 valence electrons. The van der Waals surface area contributed by atoms with E-state index in [-0.39, 0.29) is 11.6 Å². The maximum atomic E-state index is 13.4. The van der Waals surface area contributed by atoms with Crippen molar-refractivity contribution in [3.05, 3.63) is 38.5 Å². The molecule has 0 aromatic carbocycles. The minimum absolute atomic E-state index is 0.0473. The van der Waals surface area contributed by atoms with Crippen molar-refractivity contribution in [3.63, 3.8) is 0 Å². The number of nitrogens with one attached hydrogen (secondary N) is 2. The number of nitrogens with zero attached hydrogens (tertiary/aromatic N) is 1. The molecule has 0 atom stereocenters. The molecule has 0 aliphatic heterocycles. The summed E-state index contributed by atoms with van der Waals surface area (Å²) < 4.78 is 27.5. The van der Waals surface area contributed by atoms with Crippen LogP contribution in [0.4, 0.5) is 20.4 Å². The molecule has 0 fully saturated rings. The summed E-state index contributed by atoms with van der Waals surface area (Å²) in [7, 11) is 0. The van der Waals surface area contributed by atoms with Crippen LogP contribution in [0.25, 0.3) is 0 Å². The van der Waals surface area contributed by atoms with Gasteiger partial charge in [0.25, 0.3) is 0 Å². The zero-order valence-corrected chi connectivity index (χ0v) is 11.4. The van der Waals surface area contributed by atoms with Gasteiger partial charge >= 0.3 is 0 Å². The Hall–Kier alpha value is -1.25. The standard InChI is InChI=1S/C10H9BrF2N4S/c11-5-1-6(18-4-5)3-15-9-7(12)2-8(13)10(16-9)17-14/h1-2,4H,3,14H2,(H2,15,16,17). The molecule has 4 N–H and O–H groups in total. The summed E-state index contributed by atoms with van der Waals surface area (Å²) in [5, 5.41) is 4.70. The van der Waals surface area contributed by atoms with Gasteiger partial charge in [0.2, 0.25) is 0 Å². The fourth-order valence-corrected chi connectivity index (χ4v) is 2.70. The largest absolute Gasteiger partial charge is 0.363 e.